The van der Waals surface area contributed by atoms with Crippen molar-refractivity contribution in [3.8, 4) is 11.8 Å². The first-order chi connectivity index (χ1) is 6.85. The zero-order valence-electron chi connectivity index (χ0n) is 8.29. The summed E-state index contributed by atoms with van der Waals surface area (Å²) in [7, 11) is 1.67. The Balaban J connectivity index is 2.42. The molecule has 2 heteroatoms. The van der Waals surface area contributed by atoms with Gasteiger partial charge in [0, 0.05) is 0 Å². The Morgan fingerprint density at radius 1 is 1.50 bits per heavy atom. The molecule has 0 fully saturated rings. The number of fused-ring (bicyclic) bond motifs is 1. The van der Waals surface area contributed by atoms with Crippen molar-refractivity contribution in [3.63, 3.8) is 0 Å². The molecular weight excluding hydrogens is 174 g/mol. The Morgan fingerprint density at radius 2 is 2.36 bits per heavy atom. The van der Waals surface area contributed by atoms with Crippen molar-refractivity contribution in [2.24, 2.45) is 0 Å². The molecule has 1 aliphatic rings. The summed E-state index contributed by atoms with van der Waals surface area (Å²) in [5.41, 5.74) is 2.47. The van der Waals surface area contributed by atoms with Crippen LogP contribution in [-0.2, 0) is 6.42 Å². The van der Waals surface area contributed by atoms with Gasteiger partial charge in [0.1, 0.15) is 5.75 Å². The van der Waals surface area contributed by atoms with Crippen LogP contribution in [0.3, 0.4) is 0 Å². The molecule has 0 amide bonds. The minimum Gasteiger partial charge on any atom is -0.497 e. The number of nitriles is 1. The second-order valence-electron chi connectivity index (χ2n) is 3.64. The molecule has 1 atom stereocenters. The van der Waals surface area contributed by atoms with E-state index >= 15 is 0 Å². The average molecular weight is 187 g/mol. The van der Waals surface area contributed by atoms with Gasteiger partial charge in [0.2, 0.25) is 0 Å². The maximum absolute atomic E-state index is 8.98. The summed E-state index contributed by atoms with van der Waals surface area (Å²) in [6.45, 7) is 0. The minimum atomic E-state index is 0.0876. The Bertz CT molecular complexity index is 378. The molecule has 14 heavy (non-hydrogen) atoms. The molecule has 0 N–H and O–H groups in total. The van der Waals surface area contributed by atoms with Gasteiger partial charge < -0.3 is 4.74 Å². The topological polar surface area (TPSA) is 33.0 Å². The van der Waals surface area contributed by atoms with Crippen LogP contribution in [0.1, 0.15) is 29.9 Å². The molecule has 72 valence electrons. The highest BCUT2D eigenvalue weighted by Crippen LogP contribution is 2.32. The van der Waals surface area contributed by atoms with E-state index in [0.717, 1.165) is 25.0 Å². The maximum atomic E-state index is 8.98. The monoisotopic (exact) mass is 187 g/mol. The zero-order chi connectivity index (χ0) is 9.97. The highest BCUT2D eigenvalue weighted by molar-refractivity contribution is 5.41. The van der Waals surface area contributed by atoms with Gasteiger partial charge in [0.15, 0.2) is 0 Å². The summed E-state index contributed by atoms with van der Waals surface area (Å²) in [4.78, 5) is 0. The largest absolute Gasteiger partial charge is 0.497 e. The van der Waals surface area contributed by atoms with E-state index in [-0.39, 0.29) is 5.92 Å². The van der Waals surface area contributed by atoms with Crippen LogP contribution in [0.5, 0.6) is 5.75 Å². The van der Waals surface area contributed by atoms with Gasteiger partial charge in [-0.3, -0.25) is 0 Å². The number of hydrogen-bond acceptors (Lipinski definition) is 2. The second kappa shape index (κ2) is 3.71. The van der Waals surface area contributed by atoms with E-state index in [4.69, 9.17) is 10.00 Å². The van der Waals surface area contributed by atoms with Crippen molar-refractivity contribution in [3.05, 3.63) is 29.3 Å². The Kier molecular flexibility index (Phi) is 2.41. The van der Waals surface area contributed by atoms with Crippen molar-refractivity contribution in [1.82, 2.24) is 0 Å². The molecule has 2 rings (SSSR count). The first kappa shape index (κ1) is 9.08. The molecule has 0 radical (unpaired) electrons. The molecule has 0 spiro atoms. The fourth-order valence-electron chi connectivity index (χ4n) is 2.05. The van der Waals surface area contributed by atoms with Crippen LogP contribution < -0.4 is 4.74 Å². The molecule has 0 saturated carbocycles. The molecule has 0 bridgehead atoms. The van der Waals surface area contributed by atoms with E-state index < -0.39 is 0 Å². The van der Waals surface area contributed by atoms with Gasteiger partial charge in [0.05, 0.1) is 19.1 Å². The van der Waals surface area contributed by atoms with Crippen molar-refractivity contribution in [1.29, 1.82) is 5.26 Å². The molecule has 0 heterocycles. The van der Waals surface area contributed by atoms with E-state index in [2.05, 4.69) is 12.1 Å². The van der Waals surface area contributed by atoms with E-state index in [1.807, 2.05) is 12.1 Å². The summed E-state index contributed by atoms with van der Waals surface area (Å²) in [5.74, 6) is 0.979. The Morgan fingerprint density at radius 3 is 3.07 bits per heavy atom. The van der Waals surface area contributed by atoms with Gasteiger partial charge in [-0.25, -0.2) is 0 Å². The van der Waals surface area contributed by atoms with Crippen LogP contribution in [-0.4, -0.2) is 7.11 Å². The Hall–Kier alpha value is -1.49. The molecule has 1 aromatic rings. The number of aryl methyl sites for hydroxylation is 1. The predicted molar refractivity (Wildman–Crippen MR) is 54.3 cm³/mol. The van der Waals surface area contributed by atoms with Crippen LogP contribution in [0.2, 0.25) is 0 Å². The predicted octanol–water partition coefficient (Wildman–Crippen LogP) is 2.64. The van der Waals surface area contributed by atoms with E-state index in [0.29, 0.717) is 0 Å². The second-order valence-corrected chi connectivity index (χ2v) is 3.64. The van der Waals surface area contributed by atoms with Gasteiger partial charge >= 0.3 is 0 Å². The molecule has 0 aliphatic heterocycles. The van der Waals surface area contributed by atoms with Gasteiger partial charge in [-0.2, -0.15) is 5.26 Å². The third-order valence-electron chi connectivity index (χ3n) is 2.82. The summed E-state index contributed by atoms with van der Waals surface area (Å²) in [6, 6.07) is 8.38. The molecule has 1 aliphatic carbocycles. The molecule has 0 saturated heterocycles. The van der Waals surface area contributed by atoms with Crippen molar-refractivity contribution in [2.75, 3.05) is 7.11 Å². The molecule has 1 unspecified atom stereocenters. The standard InChI is InChI=1S/C12H13NO/c1-14-11-5-6-12-9(7-11)3-2-4-10(12)8-13/h5-7,10H,2-4H2,1H3. The summed E-state index contributed by atoms with van der Waals surface area (Å²) < 4.78 is 5.17. The number of ether oxygens (including phenoxy) is 1. The van der Waals surface area contributed by atoms with Gasteiger partial charge in [-0.1, -0.05) is 6.07 Å². The number of nitrogens with zero attached hydrogens (tertiary/aromatic N) is 1. The SMILES string of the molecule is COc1ccc2c(c1)CCCC2C#N. The normalized spacial score (nSPS) is 19.6. The van der Waals surface area contributed by atoms with Crippen LogP contribution in [0, 0.1) is 11.3 Å². The lowest BCUT2D eigenvalue weighted by Gasteiger charge is -2.20. The van der Waals surface area contributed by atoms with Crippen molar-refractivity contribution in [2.45, 2.75) is 25.2 Å². The summed E-state index contributed by atoms with van der Waals surface area (Å²) in [6.07, 6.45) is 3.18. The van der Waals surface area contributed by atoms with Crippen LogP contribution in [0.25, 0.3) is 0 Å². The molecule has 0 aromatic heterocycles. The number of hydrogen-bond donors (Lipinski definition) is 0. The molecular formula is C12H13NO. The third-order valence-corrected chi connectivity index (χ3v) is 2.82. The van der Waals surface area contributed by atoms with E-state index in [1.165, 1.54) is 11.1 Å². The van der Waals surface area contributed by atoms with Crippen molar-refractivity contribution < 1.29 is 4.74 Å². The number of methoxy groups -OCH3 is 1. The fraction of sp³-hybridized carbons (Fsp3) is 0.417. The first-order valence-corrected chi connectivity index (χ1v) is 4.91. The highest BCUT2D eigenvalue weighted by atomic mass is 16.5. The van der Waals surface area contributed by atoms with Crippen LogP contribution in [0.4, 0.5) is 0 Å². The number of benzene rings is 1. The van der Waals surface area contributed by atoms with Crippen molar-refractivity contribution >= 4 is 0 Å². The lowest BCUT2D eigenvalue weighted by molar-refractivity contribution is 0.413. The van der Waals surface area contributed by atoms with Gasteiger partial charge in [-0.05, 0) is 42.5 Å². The van der Waals surface area contributed by atoms with Gasteiger partial charge in [0.25, 0.3) is 0 Å². The smallest absolute Gasteiger partial charge is 0.119 e. The van der Waals surface area contributed by atoms with Gasteiger partial charge in [-0.15, -0.1) is 0 Å². The molecule has 2 nitrogen and oxygen atoms in total. The zero-order valence-corrected chi connectivity index (χ0v) is 8.29. The lowest BCUT2D eigenvalue weighted by atomic mass is 9.84. The van der Waals surface area contributed by atoms with Crippen LogP contribution >= 0.6 is 0 Å². The fourth-order valence-corrected chi connectivity index (χ4v) is 2.05. The summed E-state index contributed by atoms with van der Waals surface area (Å²) in [5, 5.41) is 8.98. The lowest BCUT2D eigenvalue weighted by Crippen LogP contribution is -2.08. The maximum Gasteiger partial charge on any atom is 0.119 e. The Labute approximate surface area is 84.1 Å². The first-order valence-electron chi connectivity index (χ1n) is 4.91. The third kappa shape index (κ3) is 1.46. The number of rotatable bonds is 1. The minimum absolute atomic E-state index is 0.0876. The quantitative estimate of drug-likeness (QED) is 0.677. The summed E-state index contributed by atoms with van der Waals surface area (Å²) >= 11 is 0. The van der Waals surface area contributed by atoms with E-state index in [1.54, 1.807) is 7.11 Å². The van der Waals surface area contributed by atoms with Crippen LogP contribution in [0.15, 0.2) is 18.2 Å². The highest BCUT2D eigenvalue weighted by Gasteiger charge is 2.19. The molecule has 1 aromatic carbocycles. The van der Waals surface area contributed by atoms with E-state index in [9.17, 15) is 0 Å². The average Bonchev–Trinajstić information content (AvgIpc) is 2.27.